The highest BCUT2D eigenvalue weighted by Crippen LogP contribution is 2.38. The third-order valence-corrected chi connectivity index (χ3v) is 5.51. The number of benzene rings is 2. The summed E-state index contributed by atoms with van der Waals surface area (Å²) < 4.78 is 10.6. The number of thioether (sulfide) groups is 1. The van der Waals surface area contributed by atoms with Crippen LogP contribution in [-0.4, -0.2) is 34.2 Å². The molecule has 2 heterocycles. The SMILES string of the molecule is CCSC1=C(c2ccc([N+](=O)[O-])cc2)C(=O)N(Cc2ccc3c(c2)OCO3)C1=O. The third kappa shape index (κ3) is 3.44. The number of rotatable bonds is 6. The summed E-state index contributed by atoms with van der Waals surface area (Å²) in [7, 11) is 0. The zero-order chi connectivity index (χ0) is 20.5. The zero-order valence-corrected chi connectivity index (χ0v) is 16.2. The maximum atomic E-state index is 13.1. The lowest BCUT2D eigenvalue weighted by atomic mass is 10.1. The van der Waals surface area contributed by atoms with E-state index in [0.29, 0.717) is 27.7 Å². The van der Waals surface area contributed by atoms with Crippen LogP contribution in [-0.2, 0) is 16.1 Å². The first-order valence-corrected chi connectivity index (χ1v) is 9.84. The van der Waals surface area contributed by atoms with Gasteiger partial charge in [-0.3, -0.25) is 24.6 Å². The molecular weight excluding hydrogens is 396 g/mol. The predicted molar refractivity (Wildman–Crippen MR) is 106 cm³/mol. The molecule has 2 aromatic carbocycles. The van der Waals surface area contributed by atoms with Gasteiger partial charge >= 0.3 is 0 Å². The normalized spacial score (nSPS) is 15.4. The first kappa shape index (κ1) is 19.0. The number of fused-ring (bicyclic) bond motifs is 1. The van der Waals surface area contributed by atoms with Gasteiger partial charge in [0.05, 0.1) is 21.9 Å². The molecule has 0 radical (unpaired) electrons. The summed E-state index contributed by atoms with van der Waals surface area (Å²) >= 11 is 1.29. The summed E-state index contributed by atoms with van der Waals surface area (Å²) in [4.78, 5) is 38.0. The van der Waals surface area contributed by atoms with Crippen LogP contribution in [0.1, 0.15) is 18.1 Å². The number of nitro benzene ring substituents is 1. The van der Waals surface area contributed by atoms with Gasteiger partial charge in [0.15, 0.2) is 11.5 Å². The van der Waals surface area contributed by atoms with Crippen molar-refractivity contribution in [3.8, 4) is 11.5 Å². The van der Waals surface area contributed by atoms with Crippen molar-refractivity contribution in [3.05, 3.63) is 68.6 Å². The van der Waals surface area contributed by atoms with Crippen LogP contribution in [0, 0.1) is 10.1 Å². The number of imide groups is 1. The molecule has 0 aromatic heterocycles. The summed E-state index contributed by atoms with van der Waals surface area (Å²) in [5.41, 5.74) is 1.42. The van der Waals surface area contributed by atoms with Gasteiger partial charge in [0, 0.05) is 12.1 Å². The van der Waals surface area contributed by atoms with Crippen molar-refractivity contribution in [1.29, 1.82) is 0 Å². The monoisotopic (exact) mass is 412 g/mol. The Morgan fingerprint density at radius 1 is 1.07 bits per heavy atom. The molecule has 0 atom stereocenters. The number of hydrogen-bond donors (Lipinski definition) is 0. The van der Waals surface area contributed by atoms with E-state index in [0.717, 1.165) is 5.56 Å². The summed E-state index contributed by atoms with van der Waals surface area (Å²) in [6.07, 6.45) is 0. The van der Waals surface area contributed by atoms with Gasteiger partial charge in [-0.1, -0.05) is 13.0 Å². The number of nitro groups is 1. The molecule has 0 saturated carbocycles. The van der Waals surface area contributed by atoms with Crippen molar-refractivity contribution in [2.75, 3.05) is 12.5 Å². The number of ether oxygens (including phenoxy) is 2. The Kier molecular flexibility index (Phi) is 4.98. The minimum absolute atomic E-state index is 0.0759. The van der Waals surface area contributed by atoms with Crippen molar-refractivity contribution in [2.45, 2.75) is 13.5 Å². The summed E-state index contributed by atoms with van der Waals surface area (Å²) in [5.74, 6) is 1.03. The molecule has 0 unspecified atom stereocenters. The first-order valence-electron chi connectivity index (χ1n) is 8.86. The molecule has 0 saturated heterocycles. The molecule has 0 aliphatic carbocycles. The molecule has 2 aliphatic heterocycles. The molecular formula is C20H16N2O6S. The van der Waals surface area contributed by atoms with Crippen LogP contribution in [0.2, 0.25) is 0 Å². The van der Waals surface area contributed by atoms with Crippen LogP contribution in [0.15, 0.2) is 47.4 Å². The quantitative estimate of drug-likeness (QED) is 0.407. The molecule has 2 aromatic rings. The average molecular weight is 412 g/mol. The second-order valence-corrected chi connectivity index (χ2v) is 7.60. The Hall–Kier alpha value is -3.33. The largest absolute Gasteiger partial charge is 0.454 e. The molecule has 0 bridgehead atoms. The van der Waals surface area contributed by atoms with Gasteiger partial charge in [-0.25, -0.2) is 0 Å². The second kappa shape index (κ2) is 7.59. The number of carbonyl (C=O) groups is 2. The van der Waals surface area contributed by atoms with Crippen LogP contribution in [0.25, 0.3) is 5.57 Å². The number of non-ortho nitro benzene ring substituents is 1. The van der Waals surface area contributed by atoms with Crippen molar-refractivity contribution in [3.63, 3.8) is 0 Å². The van der Waals surface area contributed by atoms with Crippen molar-refractivity contribution in [2.24, 2.45) is 0 Å². The Labute approximate surface area is 170 Å². The Bertz CT molecular complexity index is 1050. The molecule has 29 heavy (non-hydrogen) atoms. The Balaban J connectivity index is 1.64. The Morgan fingerprint density at radius 3 is 2.48 bits per heavy atom. The van der Waals surface area contributed by atoms with Crippen molar-refractivity contribution in [1.82, 2.24) is 4.90 Å². The lowest BCUT2D eigenvalue weighted by Crippen LogP contribution is -2.30. The summed E-state index contributed by atoms with van der Waals surface area (Å²) in [6.45, 7) is 2.13. The number of nitrogens with zero attached hydrogens (tertiary/aromatic N) is 2. The topological polar surface area (TPSA) is 99.0 Å². The second-order valence-electron chi connectivity index (χ2n) is 6.33. The molecule has 4 rings (SSSR count). The lowest BCUT2D eigenvalue weighted by Gasteiger charge is -2.15. The molecule has 2 amide bonds. The molecule has 148 valence electrons. The van der Waals surface area contributed by atoms with E-state index in [9.17, 15) is 19.7 Å². The highest BCUT2D eigenvalue weighted by atomic mass is 32.2. The molecule has 2 aliphatic rings. The van der Waals surface area contributed by atoms with E-state index in [1.165, 1.54) is 40.9 Å². The molecule has 0 fully saturated rings. The number of amides is 2. The van der Waals surface area contributed by atoms with Gasteiger partial charge in [0.2, 0.25) is 6.79 Å². The van der Waals surface area contributed by atoms with Crippen LogP contribution in [0.4, 0.5) is 5.69 Å². The predicted octanol–water partition coefficient (Wildman–Crippen LogP) is 3.36. The first-order chi connectivity index (χ1) is 14.0. The van der Waals surface area contributed by atoms with E-state index in [2.05, 4.69) is 0 Å². The number of hydrogen-bond acceptors (Lipinski definition) is 7. The van der Waals surface area contributed by atoms with Gasteiger partial charge in [-0.2, -0.15) is 0 Å². The Morgan fingerprint density at radius 2 is 1.79 bits per heavy atom. The molecule has 9 heteroatoms. The standard InChI is InChI=1S/C20H16N2O6S/c1-2-29-18-17(13-4-6-14(7-5-13)22(25)26)19(23)21(20(18)24)10-12-3-8-15-16(9-12)28-11-27-15/h3-9H,2,10-11H2,1H3. The third-order valence-electron chi connectivity index (χ3n) is 4.56. The van der Waals surface area contributed by atoms with Gasteiger partial charge in [0.1, 0.15) is 0 Å². The van der Waals surface area contributed by atoms with E-state index in [1.807, 2.05) is 6.92 Å². The van der Waals surface area contributed by atoms with E-state index in [1.54, 1.807) is 18.2 Å². The van der Waals surface area contributed by atoms with Gasteiger partial charge in [-0.05, 0) is 41.1 Å². The fourth-order valence-corrected chi connectivity index (χ4v) is 4.07. The lowest BCUT2D eigenvalue weighted by molar-refractivity contribution is -0.384. The maximum absolute atomic E-state index is 13.1. The van der Waals surface area contributed by atoms with Gasteiger partial charge in [0.25, 0.3) is 17.5 Å². The van der Waals surface area contributed by atoms with Crippen LogP contribution in [0.3, 0.4) is 0 Å². The fraction of sp³-hybridized carbons (Fsp3) is 0.200. The van der Waals surface area contributed by atoms with Gasteiger partial charge < -0.3 is 9.47 Å². The molecule has 0 spiro atoms. The van der Waals surface area contributed by atoms with E-state index >= 15 is 0 Å². The van der Waals surface area contributed by atoms with E-state index < -0.39 is 10.8 Å². The highest BCUT2D eigenvalue weighted by molar-refractivity contribution is 8.04. The van der Waals surface area contributed by atoms with Crippen LogP contribution in [0.5, 0.6) is 11.5 Å². The average Bonchev–Trinajstić information content (AvgIpc) is 3.27. The van der Waals surface area contributed by atoms with E-state index in [4.69, 9.17) is 9.47 Å². The minimum atomic E-state index is -0.507. The fourth-order valence-electron chi connectivity index (χ4n) is 3.20. The number of carbonyl (C=O) groups excluding carboxylic acids is 2. The van der Waals surface area contributed by atoms with Crippen LogP contribution >= 0.6 is 11.8 Å². The molecule has 0 N–H and O–H groups in total. The maximum Gasteiger partial charge on any atom is 0.269 e. The minimum Gasteiger partial charge on any atom is -0.454 e. The highest BCUT2D eigenvalue weighted by Gasteiger charge is 2.39. The smallest absolute Gasteiger partial charge is 0.269 e. The summed E-state index contributed by atoms with van der Waals surface area (Å²) in [6, 6.07) is 10.9. The molecule has 8 nitrogen and oxygen atoms in total. The zero-order valence-electron chi connectivity index (χ0n) is 15.4. The van der Waals surface area contributed by atoms with Crippen molar-refractivity contribution < 1.29 is 24.0 Å². The summed E-state index contributed by atoms with van der Waals surface area (Å²) in [5, 5.41) is 10.9. The van der Waals surface area contributed by atoms with Crippen LogP contribution < -0.4 is 9.47 Å². The van der Waals surface area contributed by atoms with Crippen molar-refractivity contribution >= 4 is 34.8 Å². The van der Waals surface area contributed by atoms with E-state index in [-0.39, 0.29) is 30.5 Å². The van der Waals surface area contributed by atoms with Gasteiger partial charge in [-0.15, -0.1) is 11.8 Å².